The zero-order valence-electron chi connectivity index (χ0n) is 9.31. The van der Waals surface area contributed by atoms with E-state index in [2.05, 4.69) is 39.0 Å². The molecule has 0 aliphatic carbocycles. The number of aryl methyl sites for hydroxylation is 1. The maximum absolute atomic E-state index is 3.19. The molecule has 0 aliphatic rings. The minimum absolute atomic E-state index is 0. The van der Waals surface area contributed by atoms with E-state index >= 15 is 0 Å². The van der Waals surface area contributed by atoms with Crippen molar-refractivity contribution in [3.05, 3.63) is 34.9 Å². The summed E-state index contributed by atoms with van der Waals surface area (Å²) in [6.45, 7) is 6.58. The molecular weight excluding hydrogens is 238 g/mol. The molecule has 14 heavy (non-hydrogen) atoms. The lowest BCUT2D eigenvalue weighted by Gasteiger charge is -2.06. The highest BCUT2D eigenvalue weighted by molar-refractivity contribution is 8.93. The average Bonchev–Trinajstić information content (AvgIpc) is 2.16. The summed E-state index contributed by atoms with van der Waals surface area (Å²) in [7, 11) is 0. The molecule has 3 N–H and O–H groups in total. The van der Waals surface area contributed by atoms with Crippen molar-refractivity contribution in [1.29, 1.82) is 0 Å². The van der Waals surface area contributed by atoms with Crippen LogP contribution in [0.2, 0.25) is 0 Å². The molecule has 0 aromatic heterocycles. The molecule has 0 bridgehead atoms. The molecule has 0 amide bonds. The van der Waals surface area contributed by atoms with Gasteiger partial charge >= 0.3 is 0 Å². The van der Waals surface area contributed by atoms with E-state index in [1.165, 1.54) is 16.7 Å². The Labute approximate surface area is 98.3 Å². The van der Waals surface area contributed by atoms with Crippen LogP contribution in [-0.4, -0.2) is 0 Å². The minimum atomic E-state index is 0. The van der Waals surface area contributed by atoms with Crippen molar-refractivity contribution >= 4 is 17.0 Å². The van der Waals surface area contributed by atoms with Crippen LogP contribution in [0.5, 0.6) is 0 Å². The Morgan fingerprint density at radius 2 is 1.71 bits per heavy atom. The molecule has 0 saturated carbocycles. The fourth-order valence-corrected chi connectivity index (χ4v) is 1.62. The van der Waals surface area contributed by atoms with Crippen LogP contribution in [0.4, 0.5) is 0 Å². The van der Waals surface area contributed by atoms with Crippen LogP contribution in [0, 0.1) is 12.1 Å². The van der Waals surface area contributed by atoms with Crippen LogP contribution in [0.3, 0.4) is 0 Å². The van der Waals surface area contributed by atoms with E-state index in [4.69, 9.17) is 0 Å². The SMILES string of the molecule is Br.CCc1c#ccc(CC)c1CC.N. The Balaban J connectivity index is 0. The van der Waals surface area contributed by atoms with Gasteiger partial charge in [0.05, 0.1) is 0 Å². The van der Waals surface area contributed by atoms with Gasteiger partial charge in [0.15, 0.2) is 0 Å². The van der Waals surface area contributed by atoms with Gasteiger partial charge in [-0.3, -0.25) is 0 Å². The lowest BCUT2D eigenvalue weighted by molar-refractivity contribution is 0.984. The monoisotopic (exact) mass is 257 g/mol. The van der Waals surface area contributed by atoms with Crippen LogP contribution in [0.25, 0.3) is 0 Å². The lowest BCUT2D eigenvalue weighted by atomic mass is 9.98. The molecular formula is C12H20BrN. The third kappa shape index (κ3) is 3.32. The van der Waals surface area contributed by atoms with Gasteiger partial charge in [0.1, 0.15) is 0 Å². The van der Waals surface area contributed by atoms with Gasteiger partial charge in [0.2, 0.25) is 0 Å². The molecule has 80 valence electrons. The Morgan fingerprint density at radius 1 is 1.07 bits per heavy atom. The third-order valence-electron chi connectivity index (χ3n) is 2.31. The van der Waals surface area contributed by atoms with Crippen molar-refractivity contribution < 1.29 is 0 Å². The Kier molecular flexibility index (Phi) is 8.93. The first-order valence-electron chi connectivity index (χ1n) is 4.76. The fourth-order valence-electron chi connectivity index (χ4n) is 1.62. The minimum Gasteiger partial charge on any atom is -0.344 e. The molecule has 0 fully saturated rings. The van der Waals surface area contributed by atoms with Crippen molar-refractivity contribution in [2.45, 2.75) is 40.0 Å². The Bertz CT molecular complexity index is 236. The summed E-state index contributed by atoms with van der Waals surface area (Å²) in [5.74, 6) is 0. The highest BCUT2D eigenvalue weighted by atomic mass is 79.9. The van der Waals surface area contributed by atoms with Crippen LogP contribution >= 0.6 is 17.0 Å². The maximum atomic E-state index is 3.19. The van der Waals surface area contributed by atoms with Crippen LogP contribution < -0.4 is 6.15 Å². The zero-order chi connectivity index (χ0) is 8.97. The topological polar surface area (TPSA) is 35.0 Å². The molecule has 0 radical (unpaired) electrons. The second-order valence-corrected chi connectivity index (χ2v) is 2.96. The largest absolute Gasteiger partial charge is 0.344 e. The molecule has 2 heteroatoms. The van der Waals surface area contributed by atoms with E-state index in [0.717, 1.165) is 19.3 Å². The molecule has 1 nitrogen and oxygen atoms in total. The predicted octanol–water partition coefficient (Wildman–Crippen LogP) is 3.71. The van der Waals surface area contributed by atoms with Gasteiger partial charge in [0, 0.05) is 5.56 Å². The van der Waals surface area contributed by atoms with E-state index in [1.54, 1.807) is 0 Å². The van der Waals surface area contributed by atoms with Gasteiger partial charge in [-0.25, -0.2) is 0 Å². The van der Waals surface area contributed by atoms with Crippen molar-refractivity contribution in [1.82, 2.24) is 6.15 Å². The summed E-state index contributed by atoms with van der Waals surface area (Å²) in [6, 6.07) is 8.34. The standard InChI is InChI=1S/C12H16.BrH.H3N/c1-4-10-8-7-9-11(5-2)12(10)6-3;;/h8H,4-6H2,1-3H3;1H;1H3. The molecule has 1 aromatic rings. The zero-order valence-corrected chi connectivity index (χ0v) is 11.0. The van der Waals surface area contributed by atoms with Crippen molar-refractivity contribution in [2.24, 2.45) is 0 Å². The molecule has 1 aromatic carbocycles. The van der Waals surface area contributed by atoms with Crippen LogP contribution in [-0.2, 0) is 19.3 Å². The molecule has 0 aliphatic heterocycles. The molecule has 0 heterocycles. The van der Waals surface area contributed by atoms with E-state index in [0.29, 0.717) is 0 Å². The number of halogens is 1. The third-order valence-corrected chi connectivity index (χ3v) is 2.31. The first-order valence-corrected chi connectivity index (χ1v) is 4.76. The van der Waals surface area contributed by atoms with Gasteiger partial charge in [-0.2, -0.15) is 0 Å². The smallest absolute Gasteiger partial charge is 0.00559 e. The molecule has 0 saturated heterocycles. The summed E-state index contributed by atoms with van der Waals surface area (Å²) >= 11 is 0. The van der Waals surface area contributed by atoms with Gasteiger partial charge in [-0.1, -0.05) is 32.9 Å². The molecule has 0 spiro atoms. The number of hydrogen-bond donors (Lipinski definition) is 1. The lowest BCUT2D eigenvalue weighted by Crippen LogP contribution is -1.95. The van der Waals surface area contributed by atoms with E-state index in [1.807, 2.05) is 0 Å². The second kappa shape index (κ2) is 7.84. The van der Waals surface area contributed by atoms with Crippen LogP contribution in [0.1, 0.15) is 37.5 Å². The van der Waals surface area contributed by atoms with Gasteiger partial charge in [0.25, 0.3) is 0 Å². The molecule has 0 unspecified atom stereocenters. The maximum Gasteiger partial charge on any atom is 0.00559 e. The van der Waals surface area contributed by atoms with Gasteiger partial charge < -0.3 is 6.15 Å². The first-order chi connectivity index (χ1) is 5.83. The van der Waals surface area contributed by atoms with Crippen molar-refractivity contribution in [3.63, 3.8) is 0 Å². The molecule has 0 atom stereocenters. The summed E-state index contributed by atoms with van der Waals surface area (Å²) in [5.41, 5.74) is 4.27. The van der Waals surface area contributed by atoms with Crippen molar-refractivity contribution in [3.8, 4) is 0 Å². The highest BCUT2D eigenvalue weighted by Crippen LogP contribution is 2.13. The van der Waals surface area contributed by atoms with E-state index in [9.17, 15) is 0 Å². The second-order valence-electron chi connectivity index (χ2n) is 2.96. The number of hydrogen-bond acceptors (Lipinski definition) is 1. The summed E-state index contributed by atoms with van der Waals surface area (Å²) in [6.07, 6.45) is 3.31. The Morgan fingerprint density at radius 3 is 2.14 bits per heavy atom. The van der Waals surface area contributed by atoms with Crippen molar-refractivity contribution in [2.75, 3.05) is 0 Å². The summed E-state index contributed by atoms with van der Waals surface area (Å²) in [5, 5.41) is 0. The Hall–Kier alpha value is -0.520. The average molecular weight is 258 g/mol. The summed E-state index contributed by atoms with van der Waals surface area (Å²) < 4.78 is 0. The van der Waals surface area contributed by atoms with Crippen LogP contribution in [0.15, 0.2) is 6.07 Å². The highest BCUT2D eigenvalue weighted by Gasteiger charge is 2.01. The predicted molar refractivity (Wildman–Crippen MR) is 67.6 cm³/mol. The van der Waals surface area contributed by atoms with Gasteiger partial charge in [-0.05, 0) is 36.5 Å². The number of rotatable bonds is 3. The first kappa shape index (κ1) is 15.9. The summed E-state index contributed by atoms with van der Waals surface area (Å²) in [4.78, 5) is 0. The molecule has 1 rings (SSSR count). The normalized spacial score (nSPS) is 8.21. The fraction of sp³-hybridized carbons (Fsp3) is 0.500. The van der Waals surface area contributed by atoms with Gasteiger partial charge in [-0.15, -0.1) is 17.0 Å². The quantitative estimate of drug-likeness (QED) is 0.881. The van der Waals surface area contributed by atoms with E-state index in [-0.39, 0.29) is 23.1 Å². The van der Waals surface area contributed by atoms with E-state index < -0.39 is 0 Å².